The average Bonchev–Trinajstić information content (AvgIpc) is 3.21. The average molecular weight is 503 g/mol. The lowest BCUT2D eigenvalue weighted by Crippen LogP contribution is -2.21. The Labute approximate surface area is 209 Å². The van der Waals surface area contributed by atoms with Crippen LogP contribution in [-0.4, -0.2) is 28.4 Å². The van der Waals surface area contributed by atoms with Gasteiger partial charge in [0.1, 0.15) is 5.82 Å². The summed E-state index contributed by atoms with van der Waals surface area (Å²) in [5.74, 6) is -0.282. The van der Waals surface area contributed by atoms with E-state index in [1.807, 2.05) is 51.1 Å². The van der Waals surface area contributed by atoms with Crippen molar-refractivity contribution in [3.8, 4) is 5.69 Å². The number of anilines is 2. The fraction of sp³-hybridized carbons (Fsp3) is 0.320. The van der Waals surface area contributed by atoms with E-state index < -0.39 is 11.9 Å². The number of benzene rings is 2. The van der Waals surface area contributed by atoms with E-state index >= 15 is 0 Å². The van der Waals surface area contributed by atoms with Gasteiger partial charge in [0.15, 0.2) is 0 Å². The number of nitrogens with zero attached hydrogens (tertiary/aromatic N) is 2. The zero-order valence-corrected chi connectivity index (χ0v) is 21.3. The van der Waals surface area contributed by atoms with Gasteiger partial charge >= 0.3 is 12.0 Å². The number of halogens is 2. The van der Waals surface area contributed by atoms with Gasteiger partial charge in [-0.05, 0) is 43.7 Å². The molecule has 180 valence electrons. The maximum absolute atomic E-state index is 12.8. The van der Waals surface area contributed by atoms with Gasteiger partial charge in [-0.1, -0.05) is 62.2 Å². The molecular weight excluding hydrogens is 475 g/mol. The molecule has 0 saturated heterocycles. The van der Waals surface area contributed by atoms with Crippen molar-refractivity contribution in [1.82, 2.24) is 9.78 Å². The third-order valence-corrected chi connectivity index (χ3v) is 5.99. The summed E-state index contributed by atoms with van der Waals surface area (Å²) in [6.45, 7) is 9.99. The number of amides is 2. The molecule has 3 aromatic rings. The molecule has 7 nitrogen and oxygen atoms in total. The molecule has 0 spiro atoms. The number of carbonyl (C=O) groups excluding carboxylic acids is 2. The summed E-state index contributed by atoms with van der Waals surface area (Å²) in [7, 11) is 0. The quantitative estimate of drug-likeness (QED) is 0.363. The summed E-state index contributed by atoms with van der Waals surface area (Å²) in [5.41, 5.74) is 2.39. The standard InChI is InChI=1S/C25H28Cl2N4O3/c1-6-34-23(32)15(2)16-9-7-10-17(13-16)31-21(14-20(30-31)25(3,4)5)29-24(33)28-19-12-8-11-18(26)22(19)27/h7-15H,6H2,1-5H3,(H2,28,29,33). The Kier molecular flexibility index (Phi) is 7.89. The molecule has 2 aromatic carbocycles. The van der Waals surface area contributed by atoms with Crippen LogP contribution in [0.2, 0.25) is 10.0 Å². The molecular formula is C25H28Cl2N4O3. The maximum atomic E-state index is 12.8. The predicted molar refractivity (Wildman–Crippen MR) is 136 cm³/mol. The number of nitrogens with one attached hydrogen (secondary N) is 2. The van der Waals surface area contributed by atoms with Crippen LogP contribution in [0.15, 0.2) is 48.5 Å². The molecule has 0 aliphatic rings. The minimum atomic E-state index is -0.498. The number of urea groups is 1. The minimum Gasteiger partial charge on any atom is -0.466 e. The third-order valence-electron chi connectivity index (χ3n) is 5.17. The van der Waals surface area contributed by atoms with Gasteiger partial charge in [-0.25, -0.2) is 9.48 Å². The number of esters is 1. The predicted octanol–water partition coefficient (Wildman–Crippen LogP) is 6.79. The zero-order chi connectivity index (χ0) is 25.0. The highest BCUT2D eigenvalue weighted by Crippen LogP contribution is 2.31. The first-order valence-corrected chi connectivity index (χ1v) is 11.7. The molecule has 1 unspecified atom stereocenters. The van der Waals surface area contributed by atoms with E-state index in [0.717, 1.165) is 11.3 Å². The second-order valence-corrected chi connectivity index (χ2v) is 9.61. The first-order chi connectivity index (χ1) is 16.0. The highest BCUT2D eigenvalue weighted by Gasteiger charge is 2.23. The topological polar surface area (TPSA) is 85.2 Å². The van der Waals surface area contributed by atoms with E-state index in [4.69, 9.17) is 33.0 Å². The smallest absolute Gasteiger partial charge is 0.324 e. The molecule has 0 saturated carbocycles. The molecule has 1 heterocycles. The van der Waals surface area contributed by atoms with Gasteiger partial charge in [-0.2, -0.15) is 5.10 Å². The fourth-order valence-corrected chi connectivity index (χ4v) is 3.58. The van der Waals surface area contributed by atoms with E-state index in [2.05, 4.69) is 10.6 Å². The van der Waals surface area contributed by atoms with Crippen LogP contribution in [0.3, 0.4) is 0 Å². The van der Waals surface area contributed by atoms with Crippen molar-refractivity contribution in [2.75, 3.05) is 17.2 Å². The van der Waals surface area contributed by atoms with Crippen molar-refractivity contribution in [1.29, 1.82) is 0 Å². The molecule has 2 amide bonds. The minimum absolute atomic E-state index is 0.254. The summed E-state index contributed by atoms with van der Waals surface area (Å²) < 4.78 is 6.80. The largest absolute Gasteiger partial charge is 0.466 e. The van der Waals surface area contributed by atoms with Gasteiger partial charge in [0.25, 0.3) is 0 Å². The van der Waals surface area contributed by atoms with E-state index in [1.165, 1.54) is 0 Å². The maximum Gasteiger partial charge on any atom is 0.324 e. The van der Waals surface area contributed by atoms with Crippen molar-refractivity contribution in [3.63, 3.8) is 0 Å². The summed E-state index contributed by atoms with van der Waals surface area (Å²) in [5, 5.41) is 10.9. The molecule has 0 aliphatic carbocycles. The van der Waals surface area contributed by atoms with Gasteiger partial charge in [0, 0.05) is 11.5 Å². The Morgan fingerprint density at radius 1 is 1.09 bits per heavy atom. The molecule has 0 aliphatic heterocycles. The lowest BCUT2D eigenvalue weighted by Gasteiger charge is -2.15. The molecule has 3 rings (SSSR count). The number of aromatic nitrogens is 2. The van der Waals surface area contributed by atoms with Crippen LogP contribution in [0.25, 0.3) is 5.69 Å². The van der Waals surface area contributed by atoms with Crippen LogP contribution in [0.1, 0.15) is 51.8 Å². The van der Waals surface area contributed by atoms with Crippen molar-refractivity contribution in [2.24, 2.45) is 0 Å². The lowest BCUT2D eigenvalue weighted by atomic mass is 9.92. The summed E-state index contributed by atoms with van der Waals surface area (Å²) in [6, 6.07) is 13.7. The summed E-state index contributed by atoms with van der Waals surface area (Å²) in [6.07, 6.45) is 0. The van der Waals surface area contributed by atoms with E-state index in [1.54, 1.807) is 36.7 Å². The van der Waals surface area contributed by atoms with Crippen LogP contribution in [0.4, 0.5) is 16.3 Å². The van der Waals surface area contributed by atoms with Gasteiger partial charge in [0.2, 0.25) is 0 Å². The zero-order valence-electron chi connectivity index (χ0n) is 19.8. The molecule has 1 atom stereocenters. The normalized spacial score (nSPS) is 12.2. The first-order valence-electron chi connectivity index (χ1n) is 10.9. The molecule has 2 N–H and O–H groups in total. The summed E-state index contributed by atoms with van der Waals surface area (Å²) >= 11 is 12.2. The van der Waals surface area contributed by atoms with E-state index in [-0.39, 0.29) is 16.4 Å². The summed E-state index contributed by atoms with van der Waals surface area (Å²) in [4.78, 5) is 25.0. The molecule has 0 bridgehead atoms. The van der Waals surface area contributed by atoms with Crippen molar-refractivity contribution >= 4 is 46.7 Å². The number of carbonyl (C=O) groups is 2. The molecule has 0 radical (unpaired) electrons. The molecule has 34 heavy (non-hydrogen) atoms. The van der Waals surface area contributed by atoms with Crippen LogP contribution in [0, 0.1) is 0 Å². The Hall–Kier alpha value is -3.03. The first kappa shape index (κ1) is 25.6. The van der Waals surface area contributed by atoms with Crippen molar-refractivity contribution < 1.29 is 14.3 Å². The van der Waals surface area contributed by atoms with E-state index in [9.17, 15) is 9.59 Å². The second-order valence-electron chi connectivity index (χ2n) is 8.83. The van der Waals surface area contributed by atoms with Crippen molar-refractivity contribution in [2.45, 2.75) is 46.0 Å². The van der Waals surface area contributed by atoms with Gasteiger partial charge in [-0.3, -0.25) is 10.1 Å². The van der Waals surface area contributed by atoms with Crippen LogP contribution >= 0.6 is 23.2 Å². The SMILES string of the molecule is CCOC(=O)C(C)c1cccc(-n2nc(C(C)(C)C)cc2NC(=O)Nc2cccc(Cl)c2Cl)c1. The van der Waals surface area contributed by atoms with Crippen LogP contribution in [-0.2, 0) is 14.9 Å². The number of rotatable bonds is 6. The molecule has 9 heteroatoms. The van der Waals surface area contributed by atoms with E-state index in [0.29, 0.717) is 28.8 Å². The van der Waals surface area contributed by atoms with Gasteiger partial charge in [0.05, 0.1) is 39.6 Å². The Morgan fingerprint density at radius 2 is 1.79 bits per heavy atom. The monoisotopic (exact) mass is 502 g/mol. The molecule has 0 fully saturated rings. The van der Waals surface area contributed by atoms with Gasteiger partial charge in [-0.15, -0.1) is 0 Å². The van der Waals surface area contributed by atoms with Crippen LogP contribution in [0.5, 0.6) is 0 Å². The van der Waals surface area contributed by atoms with Crippen molar-refractivity contribution in [3.05, 3.63) is 69.8 Å². The fourth-order valence-electron chi connectivity index (χ4n) is 3.23. The number of ether oxygens (including phenoxy) is 1. The Morgan fingerprint density at radius 3 is 2.47 bits per heavy atom. The Balaban J connectivity index is 1.95. The van der Waals surface area contributed by atoms with Crippen LogP contribution < -0.4 is 10.6 Å². The number of hydrogen-bond acceptors (Lipinski definition) is 4. The lowest BCUT2D eigenvalue weighted by molar-refractivity contribution is -0.144. The highest BCUT2D eigenvalue weighted by molar-refractivity contribution is 6.44. The highest BCUT2D eigenvalue weighted by atomic mass is 35.5. The van der Waals surface area contributed by atoms with Gasteiger partial charge < -0.3 is 10.1 Å². The number of hydrogen-bond donors (Lipinski definition) is 2. The third kappa shape index (κ3) is 5.90. The Bertz CT molecular complexity index is 1200. The molecule has 1 aromatic heterocycles. The second kappa shape index (κ2) is 10.5.